The van der Waals surface area contributed by atoms with Crippen LogP contribution in [0.15, 0.2) is 18.2 Å². The van der Waals surface area contributed by atoms with Gasteiger partial charge >= 0.3 is 0 Å². The van der Waals surface area contributed by atoms with Crippen molar-refractivity contribution in [1.82, 2.24) is 0 Å². The lowest BCUT2D eigenvalue weighted by Gasteiger charge is -2.14. The van der Waals surface area contributed by atoms with Gasteiger partial charge in [-0.25, -0.2) is 13.6 Å². The van der Waals surface area contributed by atoms with Crippen molar-refractivity contribution >= 4 is 15.7 Å². The first-order valence-corrected chi connectivity index (χ1v) is 7.81. The lowest BCUT2D eigenvalue weighted by atomic mass is 10.2. The number of rotatable bonds is 8. The average Bonchev–Trinajstić information content (AvgIpc) is 2.31. The van der Waals surface area contributed by atoms with Crippen molar-refractivity contribution in [3.63, 3.8) is 0 Å². The third-order valence-electron chi connectivity index (χ3n) is 2.26. The van der Waals surface area contributed by atoms with E-state index < -0.39 is 10.0 Å². The third kappa shape index (κ3) is 5.80. The maximum Gasteiger partial charge on any atom is 0.210 e. The summed E-state index contributed by atoms with van der Waals surface area (Å²) >= 11 is 0. The molecule has 1 rings (SSSR count). The van der Waals surface area contributed by atoms with Crippen molar-refractivity contribution < 1.29 is 17.9 Å². The minimum Gasteiger partial charge on any atom is -0.494 e. The summed E-state index contributed by atoms with van der Waals surface area (Å²) in [5.41, 5.74) is 0.691. The zero-order valence-electron chi connectivity index (χ0n) is 11.2. The molecule has 0 aromatic heterocycles. The SMILES string of the molecule is CCOc1ccc(OCC)c(NCCS(N)(=O)=O)c1. The fraction of sp³-hybridized carbons (Fsp3) is 0.500. The van der Waals surface area contributed by atoms with Gasteiger partial charge in [0.2, 0.25) is 10.0 Å². The molecule has 0 amide bonds. The van der Waals surface area contributed by atoms with Crippen LogP contribution in [0.2, 0.25) is 0 Å². The summed E-state index contributed by atoms with van der Waals surface area (Å²) in [6.45, 7) is 5.08. The van der Waals surface area contributed by atoms with E-state index in [4.69, 9.17) is 14.6 Å². The number of sulfonamides is 1. The minimum absolute atomic E-state index is 0.141. The molecule has 0 unspecified atom stereocenters. The lowest BCUT2D eigenvalue weighted by Crippen LogP contribution is -2.22. The van der Waals surface area contributed by atoms with E-state index in [1.54, 1.807) is 18.2 Å². The van der Waals surface area contributed by atoms with Gasteiger partial charge < -0.3 is 14.8 Å². The Bertz CT molecular complexity index is 502. The number of anilines is 1. The fourth-order valence-electron chi connectivity index (χ4n) is 1.51. The van der Waals surface area contributed by atoms with Crippen LogP contribution in [0.4, 0.5) is 5.69 Å². The molecule has 7 heteroatoms. The molecule has 0 aliphatic heterocycles. The summed E-state index contributed by atoms with van der Waals surface area (Å²) in [4.78, 5) is 0. The Morgan fingerprint density at radius 1 is 1.21 bits per heavy atom. The molecule has 0 spiro atoms. The Hall–Kier alpha value is -1.47. The number of primary sulfonamides is 1. The number of benzene rings is 1. The highest BCUT2D eigenvalue weighted by Crippen LogP contribution is 2.29. The van der Waals surface area contributed by atoms with E-state index in [1.807, 2.05) is 13.8 Å². The average molecular weight is 288 g/mol. The van der Waals surface area contributed by atoms with E-state index in [1.165, 1.54) is 0 Å². The van der Waals surface area contributed by atoms with Gasteiger partial charge in [-0.3, -0.25) is 0 Å². The van der Waals surface area contributed by atoms with Crippen LogP contribution in [0, 0.1) is 0 Å². The van der Waals surface area contributed by atoms with Gasteiger partial charge in [0.15, 0.2) is 0 Å². The lowest BCUT2D eigenvalue weighted by molar-refractivity contribution is 0.332. The summed E-state index contributed by atoms with van der Waals surface area (Å²) in [5, 5.41) is 7.94. The van der Waals surface area contributed by atoms with Crippen LogP contribution >= 0.6 is 0 Å². The van der Waals surface area contributed by atoms with Gasteiger partial charge in [-0.1, -0.05) is 0 Å². The molecule has 0 saturated carbocycles. The van der Waals surface area contributed by atoms with Gasteiger partial charge in [0.25, 0.3) is 0 Å². The molecule has 0 aliphatic carbocycles. The summed E-state index contributed by atoms with van der Waals surface area (Å²) in [7, 11) is -3.47. The van der Waals surface area contributed by atoms with Gasteiger partial charge in [-0.15, -0.1) is 0 Å². The molecule has 3 N–H and O–H groups in total. The van der Waals surface area contributed by atoms with E-state index in [2.05, 4.69) is 5.32 Å². The first-order valence-electron chi connectivity index (χ1n) is 6.10. The molecule has 0 bridgehead atoms. The molecule has 19 heavy (non-hydrogen) atoms. The quantitative estimate of drug-likeness (QED) is 0.749. The van der Waals surface area contributed by atoms with E-state index >= 15 is 0 Å². The smallest absolute Gasteiger partial charge is 0.210 e. The Kier molecular flexibility index (Phi) is 5.91. The normalized spacial score (nSPS) is 11.1. The Balaban J connectivity index is 2.78. The minimum atomic E-state index is -3.47. The van der Waals surface area contributed by atoms with E-state index in [-0.39, 0.29) is 12.3 Å². The molecular weight excluding hydrogens is 268 g/mol. The number of nitrogens with two attached hydrogens (primary N) is 1. The van der Waals surface area contributed by atoms with Crippen LogP contribution in [0.1, 0.15) is 13.8 Å². The maximum atomic E-state index is 10.9. The van der Waals surface area contributed by atoms with Crippen LogP contribution in [0.25, 0.3) is 0 Å². The maximum absolute atomic E-state index is 10.9. The number of hydrogen-bond donors (Lipinski definition) is 2. The van der Waals surface area contributed by atoms with Crippen molar-refractivity contribution in [1.29, 1.82) is 0 Å². The van der Waals surface area contributed by atoms with Crippen molar-refractivity contribution in [3.8, 4) is 11.5 Å². The molecule has 0 fully saturated rings. The Labute approximate surface area is 113 Å². The molecule has 1 aromatic rings. The highest BCUT2D eigenvalue weighted by molar-refractivity contribution is 7.89. The second-order valence-electron chi connectivity index (χ2n) is 3.82. The Morgan fingerprint density at radius 3 is 2.47 bits per heavy atom. The van der Waals surface area contributed by atoms with E-state index in [9.17, 15) is 8.42 Å². The second kappa shape index (κ2) is 7.20. The van der Waals surface area contributed by atoms with Crippen LogP contribution < -0.4 is 19.9 Å². The summed E-state index contributed by atoms with van der Waals surface area (Å²) in [6, 6.07) is 5.37. The summed E-state index contributed by atoms with van der Waals surface area (Å²) in [5.74, 6) is 1.21. The third-order valence-corrected chi connectivity index (χ3v) is 3.04. The highest BCUT2D eigenvalue weighted by Gasteiger charge is 2.07. The van der Waals surface area contributed by atoms with Crippen LogP contribution in [-0.2, 0) is 10.0 Å². The fourth-order valence-corrected chi connectivity index (χ4v) is 1.90. The predicted molar refractivity (Wildman–Crippen MR) is 75.2 cm³/mol. The largest absolute Gasteiger partial charge is 0.494 e. The van der Waals surface area contributed by atoms with E-state index in [0.29, 0.717) is 30.4 Å². The van der Waals surface area contributed by atoms with Gasteiger partial charge in [0.05, 0.1) is 24.7 Å². The molecule has 0 radical (unpaired) electrons. The number of hydrogen-bond acceptors (Lipinski definition) is 5. The monoisotopic (exact) mass is 288 g/mol. The summed E-state index contributed by atoms with van der Waals surface area (Å²) < 4.78 is 32.6. The first-order chi connectivity index (χ1) is 8.96. The van der Waals surface area contributed by atoms with Gasteiger partial charge in [-0.05, 0) is 26.0 Å². The topological polar surface area (TPSA) is 90.7 Å². The van der Waals surface area contributed by atoms with Crippen LogP contribution in [-0.4, -0.2) is 33.9 Å². The molecule has 0 heterocycles. The summed E-state index contributed by atoms with van der Waals surface area (Å²) in [6.07, 6.45) is 0. The van der Waals surface area contributed by atoms with Crippen LogP contribution in [0.3, 0.4) is 0 Å². The highest BCUT2D eigenvalue weighted by atomic mass is 32.2. The number of ether oxygens (including phenoxy) is 2. The standard InChI is InChI=1S/C12H20N2O4S/c1-3-17-10-5-6-12(18-4-2)11(9-10)14-7-8-19(13,15)16/h5-6,9,14H,3-4,7-8H2,1-2H3,(H2,13,15,16). The molecular formula is C12H20N2O4S. The van der Waals surface area contributed by atoms with Gasteiger partial charge in [0, 0.05) is 12.6 Å². The van der Waals surface area contributed by atoms with Crippen molar-refractivity contribution in [2.24, 2.45) is 5.14 Å². The molecule has 1 aromatic carbocycles. The van der Waals surface area contributed by atoms with Gasteiger partial charge in [0.1, 0.15) is 11.5 Å². The molecule has 0 atom stereocenters. The molecule has 108 valence electrons. The zero-order chi connectivity index (χ0) is 14.3. The Morgan fingerprint density at radius 2 is 1.89 bits per heavy atom. The van der Waals surface area contributed by atoms with Gasteiger partial charge in [-0.2, -0.15) is 0 Å². The second-order valence-corrected chi connectivity index (χ2v) is 5.55. The zero-order valence-corrected chi connectivity index (χ0v) is 12.0. The number of nitrogens with one attached hydrogen (secondary N) is 1. The van der Waals surface area contributed by atoms with Crippen LogP contribution in [0.5, 0.6) is 11.5 Å². The van der Waals surface area contributed by atoms with E-state index in [0.717, 1.165) is 0 Å². The molecule has 6 nitrogen and oxygen atoms in total. The predicted octanol–water partition coefficient (Wildman–Crippen LogP) is 1.18. The van der Waals surface area contributed by atoms with Crippen molar-refractivity contribution in [2.45, 2.75) is 13.8 Å². The van der Waals surface area contributed by atoms with Crippen molar-refractivity contribution in [2.75, 3.05) is 30.8 Å². The van der Waals surface area contributed by atoms with Crippen molar-refractivity contribution in [3.05, 3.63) is 18.2 Å². The first kappa shape index (κ1) is 15.6. The molecule has 0 saturated heterocycles. The molecule has 0 aliphatic rings.